The average molecular weight is 273 g/mol. The lowest BCUT2D eigenvalue weighted by molar-refractivity contribution is -0.138. The molecular formula is C14H27NO4. The first kappa shape index (κ1) is 17.9. The predicted octanol–water partition coefficient (Wildman–Crippen LogP) is 2.05. The van der Waals surface area contributed by atoms with Crippen LogP contribution in [0.5, 0.6) is 0 Å². The second kappa shape index (κ2) is 8.15. The first-order chi connectivity index (χ1) is 8.66. The monoisotopic (exact) mass is 273 g/mol. The van der Waals surface area contributed by atoms with Crippen molar-refractivity contribution in [1.82, 2.24) is 5.32 Å². The fourth-order valence-electron chi connectivity index (χ4n) is 1.93. The zero-order valence-corrected chi connectivity index (χ0v) is 12.7. The van der Waals surface area contributed by atoms with Crippen molar-refractivity contribution < 1.29 is 19.4 Å². The van der Waals surface area contributed by atoms with Crippen LogP contribution in [0.2, 0.25) is 0 Å². The Hall–Kier alpha value is -1.10. The summed E-state index contributed by atoms with van der Waals surface area (Å²) in [5.41, 5.74) is -0.496. The molecule has 19 heavy (non-hydrogen) atoms. The Morgan fingerprint density at radius 3 is 2.32 bits per heavy atom. The third-order valence-corrected chi connectivity index (χ3v) is 2.99. The van der Waals surface area contributed by atoms with Gasteiger partial charge in [-0.15, -0.1) is 0 Å². The van der Waals surface area contributed by atoms with Gasteiger partial charge in [0, 0.05) is 20.1 Å². The van der Waals surface area contributed by atoms with Crippen molar-refractivity contribution in [1.29, 1.82) is 0 Å². The molecule has 5 heteroatoms. The maximum Gasteiger partial charge on any atom is 0.303 e. The van der Waals surface area contributed by atoms with Crippen LogP contribution in [0.15, 0.2) is 0 Å². The van der Waals surface area contributed by atoms with Gasteiger partial charge in [0.1, 0.15) is 0 Å². The van der Waals surface area contributed by atoms with Gasteiger partial charge in [0.05, 0.1) is 12.0 Å². The second-order valence-electron chi connectivity index (χ2n) is 6.04. The van der Waals surface area contributed by atoms with Crippen molar-refractivity contribution in [2.45, 2.75) is 52.6 Å². The Labute approximate surface area is 115 Å². The molecule has 0 aromatic carbocycles. The molecule has 0 rings (SSSR count). The van der Waals surface area contributed by atoms with Crippen LogP contribution in [0, 0.1) is 11.8 Å². The summed E-state index contributed by atoms with van der Waals surface area (Å²) >= 11 is 0. The molecule has 2 N–H and O–H groups in total. The van der Waals surface area contributed by atoms with Gasteiger partial charge in [-0.25, -0.2) is 0 Å². The van der Waals surface area contributed by atoms with Crippen molar-refractivity contribution in [3.05, 3.63) is 0 Å². The summed E-state index contributed by atoms with van der Waals surface area (Å²) in [6, 6.07) is 0. The van der Waals surface area contributed by atoms with E-state index in [4.69, 9.17) is 9.84 Å². The topological polar surface area (TPSA) is 75.6 Å². The number of hydrogen-bond acceptors (Lipinski definition) is 3. The van der Waals surface area contributed by atoms with Gasteiger partial charge >= 0.3 is 5.97 Å². The Kier molecular flexibility index (Phi) is 7.68. The van der Waals surface area contributed by atoms with Gasteiger partial charge in [-0.1, -0.05) is 13.8 Å². The summed E-state index contributed by atoms with van der Waals surface area (Å²) in [4.78, 5) is 22.5. The van der Waals surface area contributed by atoms with Crippen LogP contribution >= 0.6 is 0 Å². The molecule has 0 radical (unpaired) electrons. The SMILES string of the molecule is COC(C)(C)CC(=O)NCC(CC(=O)O)CC(C)C. The van der Waals surface area contributed by atoms with E-state index in [1.165, 1.54) is 0 Å². The molecule has 0 fully saturated rings. The zero-order chi connectivity index (χ0) is 15.1. The van der Waals surface area contributed by atoms with Crippen LogP contribution in [0.4, 0.5) is 0 Å². The smallest absolute Gasteiger partial charge is 0.303 e. The number of nitrogens with one attached hydrogen (secondary N) is 1. The summed E-state index contributed by atoms with van der Waals surface area (Å²) in [6.45, 7) is 8.18. The van der Waals surface area contributed by atoms with Crippen molar-refractivity contribution in [2.75, 3.05) is 13.7 Å². The Bertz CT molecular complexity index is 300. The van der Waals surface area contributed by atoms with Crippen LogP contribution in [0.3, 0.4) is 0 Å². The molecule has 1 amide bonds. The molecule has 1 atom stereocenters. The number of carbonyl (C=O) groups is 2. The highest BCUT2D eigenvalue weighted by molar-refractivity contribution is 5.77. The summed E-state index contributed by atoms with van der Waals surface area (Å²) in [5.74, 6) is -0.535. The number of carboxylic acids is 1. The Morgan fingerprint density at radius 1 is 1.32 bits per heavy atom. The number of rotatable bonds is 9. The van der Waals surface area contributed by atoms with Gasteiger partial charge in [0.25, 0.3) is 0 Å². The molecule has 1 unspecified atom stereocenters. The minimum absolute atomic E-state index is 0.0212. The van der Waals surface area contributed by atoms with E-state index in [9.17, 15) is 9.59 Å². The summed E-state index contributed by atoms with van der Waals surface area (Å²) in [7, 11) is 1.57. The van der Waals surface area contributed by atoms with E-state index in [2.05, 4.69) is 5.32 Å². The summed E-state index contributed by atoms with van der Waals surface area (Å²) < 4.78 is 5.19. The van der Waals surface area contributed by atoms with Crippen LogP contribution in [0.25, 0.3) is 0 Å². The molecule has 112 valence electrons. The largest absolute Gasteiger partial charge is 0.481 e. The maximum atomic E-state index is 11.8. The minimum atomic E-state index is -0.822. The summed E-state index contributed by atoms with van der Waals surface area (Å²) in [5, 5.41) is 11.7. The lowest BCUT2D eigenvalue weighted by Crippen LogP contribution is -2.36. The first-order valence-corrected chi connectivity index (χ1v) is 6.70. The minimum Gasteiger partial charge on any atom is -0.481 e. The Balaban J connectivity index is 4.23. The third kappa shape index (κ3) is 9.47. The lowest BCUT2D eigenvalue weighted by Gasteiger charge is -2.23. The second-order valence-corrected chi connectivity index (χ2v) is 6.04. The van der Waals surface area contributed by atoms with Gasteiger partial charge in [-0.2, -0.15) is 0 Å². The average Bonchev–Trinajstić information content (AvgIpc) is 2.24. The van der Waals surface area contributed by atoms with Crippen molar-refractivity contribution in [2.24, 2.45) is 11.8 Å². The van der Waals surface area contributed by atoms with Crippen LogP contribution < -0.4 is 5.32 Å². The van der Waals surface area contributed by atoms with E-state index in [1.54, 1.807) is 7.11 Å². The van der Waals surface area contributed by atoms with Gasteiger partial charge in [-0.3, -0.25) is 9.59 Å². The van der Waals surface area contributed by atoms with Gasteiger partial charge < -0.3 is 15.2 Å². The van der Waals surface area contributed by atoms with E-state index in [0.717, 1.165) is 6.42 Å². The normalized spacial score (nSPS) is 13.4. The van der Waals surface area contributed by atoms with Crippen molar-refractivity contribution in [3.63, 3.8) is 0 Å². The number of amides is 1. The van der Waals surface area contributed by atoms with Gasteiger partial charge in [0.2, 0.25) is 5.91 Å². The van der Waals surface area contributed by atoms with E-state index in [-0.39, 0.29) is 24.7 Å². The molecule has 0 saturated carbocycles. The molecule has 5 nitrogen and oxygen atoms in total. The Morgan fingerprint density at radius 2 is 1.89 bits per heavy atom. The molecule has 0 saturated heterocycles. The highest BCUT2D eigenvalue weighted by atomic mass is 16.5. The first-order valence-electron chi connectivity index (χ1n) is 6.70. The molecule has 0 aromatic rings. The van der Waals surface area contributed by atoms with Crippen LogP contribution in [-0.2, 0) is 14.3 Å². The molecule has 0 heterocycles. The quantitative estimate of drug-likeness (QED) is 0.674. The highest BCUT2D eigenvalue weighted by Crippen LogP contribution is 2.16. The van der Waals surface area contributed by atoms with Crippen LogP contribution in [0.1, 0.15) is 47.0 Å². The van der Waals surface area contributed by atoms with E-state index in [1.807, 2.05) is 27.7 Å². The number of hydrogen-bond donors (Lipinski definition) is 2. The molecular weight excluding hydrogens is 246 g/mol. The molecule has 0 bridgehead atoms. The molecule has 0 aliphatic rings. The zero-order valence-electron chi connectivity index (χ0n) is 12.7. The standard InChI is InChI=1S/C14H27NO4/c1-10(2)6-11(7-13(17)18)9-15-12(16)8-14(3,4)19-5/h10-11H,6-9H2,1-5H3,(H,15,16)(H,17,18). The van der Waals surface area contributed by atoms with E-state index >= 15 is 0 Å². The number of carbonyl (C=O) groups excluding carboxylic acids is 1. The molecule has 0 aliphatic heterocycles. The number of aliphatic carboxylic acids is 1. The lowest BCUT2D eigenvalue weighted by atomic mass is 9.94. The molecule has 0 spiro atoms. The van der Waals surface area contributed by atoms with Gasteiger partial charge in [0.15, 0.2) is 0 Å². The van der Waals surface area contributed by atoms with E-state index in [0.29, 0.717) is 12.5 Å². The van der Waals surface area contributed by atoms with Crippen molar-refractivity contribution >= 4 is 11.9 Å². The van der Waals surface area contributed by atoms with Crippen molar-refractivity contribution in [3.8, 4) is 0 Å². The highest BCUT2D eigenvalue weighted by Gasteiger charge is 2.22. The third-order valence-electron chi connectivity index (χ3n) is 2.99. The molecule has 0 aliphatic carbocycles. The summed E-state index contributed by atoms with van der Waals surface area (Å²) in [6.07, 6.45) is 1.15. The maximum absolute atomic E-state index is 11.8. The predicted molar refractivity (Wildman–Crippen MR) is 73.9 cm³/mol. The fraction of sp³-hybridized carbons (Fsp3) is 0.857. The van der Waals surface area contributed by atoms with E-state index < -0.39 is 11.6 Å². The fourth-order valence-corrected chi connectivity index (χ4v) is 1.93. The number of carboxylic acid groups (broad SMARTS) is 1. The number of methoxy groups -OCH3 is 1. The van der Waals surface area contributed by atoms with Crippen LogP contribution in [-0.4, -0.2) is 36.2 Å². The van der Waals surface area contributed by atoms with Gasteiger partial charge in [-0.05, 0) is 32.1 Å². The number of ether oxygens (including phenoxy) is 1. The molecule has 0 aromatic heterocycles.